The van der Waals surface area contributed by atoms with Crippen LogP contribution in [0.1, 0.15) is 52.4 Å². The lowest BCUT2D eigenvalue weighted by molar-refractivity contribution is -0.150. The van der Waals surface area contributed by atoms with E-state index < -0.39 is 11.4 Å². The van der Waals surface area contributed by atoms with E-state index in [0.717, 1.165) is 19.3 Å². The van der Waals surface area contributed by atoms with Crippen LogP contribution in [0.25, 0.3) is 0 Å². The largest absolute Gasteiger partial charge is 0.481 e. The Morgan fingerprint density at radius 3 is 2.26 bits per heavy atom. The van der Waals surface area contributed by atoms with E-state index >= 15 is 0 Å². The Morgan fingerprint density at radius 2 is 1.95 bits per heavy atom. The van der Waals surface area contributed by atoms with Gasteiger partial charge in [-0.25, -0.2) is 0 Å². The van der Waals surface area contributed by atoms with E-state index in [-0.39, 0.29) is 17.9 Å². The molecule has 0 saturated heterocycles. The lowest BCUT2D eigenvalue weighted by atomic mass is 9.66. The quantitative estimate of drug-likeness (QED) is 0.664. The fourth-order valence-corrected chi connectivity index (χ4v) is 2.72. The van der Waals surface area contributed by atoms with E-state index in [9.17, 15) is 14.7 Å². The number of carboxylic acids is 1. The third kappa shape index (κ3) is 2.99. The van der Waals surface area contributed by atoms with Crippen molar-refractivity contribution < 1.29 is 14.7 Å². The van der Waals surface area contributed by atoms with Gasteiger partial charge in [-0.3, -0.25) is 9.59 Å². The van der Waals surface area contributed by atoms with Crippen LogP contribution in [0.15, 0.2) is 12.7 Å². The van der Waals surface area contributed by atoms with Gasteiger partial charge < -0.3 is 10.4 Å². The number of carbonyl (C=O) groups excluding carboxylic acids is 1. The molecule has 2 N–H and O–H groups in total. The lowest BCUT2D eigenvalue weighted by Crippen LogP contribution is -2.50. The van der Waals surface area contributed by atoms with Gasteiger partial charge in [-0.1, -0.05) is 26.3 Å². The summed E-state index contributed by atoms with van der Waals surface area (Å²) in [5.41, 5.74) is -1.16. The average Bonchev–Trinajstić information content (AvgIpc) is 2.35. The van der Waals surface area contributed by atoms with E-state index in [4.69, 9.17) is 0 Å². The molecule has 0 bridgehead atoms. The zero-order valence-corrected chi connectivity index (χ0v) is 12.0. The van der Waals surface area contributed by atoms with E-state index in [0.29, 0.717) is 19.3 Å². The second kappa shape index (κ2) is 6.22. The first-order valence-electron chi connectivity index (χ1n) is 7.09. The molecule has 0 aromatic carbocycles. The molecule has 19 heavy (non-hydrogen) atoms. The summed E-state index contributed by atoms with van der Waals surface area (Å²) >= 11 is 0. The first-order valence-corrected chi connectivity index (χ1v) is 7.09. The van der Waals surface area contributed by atoms with Crippen molar-refractivity contribution in [3.05, 3.63) is 12.7 Å². The number of allylic oxidation sites excluding steroid dienone is 1. The number of hydrogen-bond donors (Lipinski definition) is 2. The summed E-state index contributed by atoms with van der Waals surface area (Å²) in [5, 5.41) is 12.2. The van der Waals surface area contributed by atoms with Crippen LogP contribution in [-0.4, -0.2) is 23.5 Å². The monoisotopic (exact) mass is 267 g/mol. The van der Waals surface area contributed by atoms with Gasteiger partial charge in [0.1, 0.15) is 0 Å². The minimum atomic E-state index is -0.839. The summed E-state index contributed by atoms with van der Waals surface area (Å²) in [4.78, 5) is 23.7. The van der Waals surface area contributed by atoms with Gasteiger partial charge in [0.25, 0.3) is 0 Å². The van der Waals surface area contributed by atoms with Crippen molar-refractivity contribution in [3.8, 4) is 0 Å². The third-order valence-electron chi connectivity index (χ3n) is 4.72. The molecular weight excluding hydrogens is 242 g/mol. The van der Waals surface area contributed by atoms with Gasteiger partial charge in [0, 0.05) is 6.54 Å². The molecule has 0 aromatic heterocycles. The van der Waals surface area contributed by atoms with Crippen LogP contribution >= 0.6 is 0 Å². The number of carboxylic acid groups (broad SMARTS) is 1. The van der Waals surface area contributed by atoms with Gasteiger partial charge in [0.05, 0.1) is 10.8 Å². The van der Waals surface area contributed by atoms with Crippen LogP contribution in [0.2, 0.25) is 0 Å². The first kappa shape index (κ1) is 15.7. The minimum Gasteiger partial charge on any atom is -0.481 e. The van der Waals surface area contributed by atoms with Gasteiger partial charge in [-0.05, 0) is 32.1 Å². The average molecular weight is 267 g/mol. The summed E-state index contributed by atoms with van der Waals surface area (Å²) in [7, 11) is 0. The van der Waals surface area contributed by atoms with Crippen molar-refractivity contribution in [2.75, 3.05) is 6.54 Å². The summed E-state index contributed by atoms with van der Waals surface area (Å²) in [6, 6.07) is 0. The van der Waals surface area contributed by atoms with Crippen molar-refractivity contribution in [1.29, 1.82) is 0 Å². The Hall–Kier alpha value is -1.32. The molecule has 1 amide bonds. The normalized spacial score (nSPS) is 17.4. The SMILES string of the molecule is C=CCC1(C(=O)NCC(CC)(CC)C(=O)O)CCC1. The maximum atomic E-state index is 12.3. The Bertz CT molecular complexity index is 354. The second-order valence-corrected chi connectivity index (χ2v) is 5.60. The fourth-order valence-electron chi connectivity index (χ4n) is 2.72. The van der Waals surface area contributed by atoms with Crippen LogP contribution in [0.4, 0.5) is 0 Å². The van der Waals surface area contributed by atoms with Gasteiger partial charge in [0.15, 0.2) is 0 Å². The zero-order valence-electron chi connectivity index (χ0n) is 12.0. The van der Waals surface area contributed by atoms with Crippen LogP contribution in [0, 0.1) is 10.8 Å². The van der Waals surface area contributed by atoms with Crippen LogP contribution in [-0.2, 0) is 9.59 Å². The second-order valence-electron chi connectivity index (χ2n) is 5.60. The molecule has 1 aliphatic carbocycles. The van der Waals surface area contributed by atoms with Crippen LogP contribution in [0.5, 0.6) is 0 Å². The summed E-state index contributed by atoms with van der Waals surface area (Å²) in [5.74, 6) is -0.838. The number of aliphatic carboxylic acids is 1. The summed E-state index contributed by atoms with van der Waals surface area (Å²) in [6.45, 7) is 7.63. The maximum Gasteiger partial charge on any atom is 0.311 e. The van der Waals surface area contributed by atoms with E-state index in [1.54, 1.807) is 6.08 Å². The smallest absolute Gasteiger partial charge is 0.311 e. The van der Waals surface area contributed by atoms with Crippen molar-refractivity contribution in [2.24, 2.45) is 10.8 Å². The Kier molecular flexibility index (Phi) is 5.15. The maximum absolute atomic E-state index is 12.3. The lowest BCUT2D eigenvalue weighted by Gasteiger charge is -2.40. The van der Waals surface area contributed by atoms with Crippen molar-refractivity contribution in [3.63, 3.8) is 0 Å². The zero-order chi connectivity index (χ0) is 14.5. The molecule has 108 valence electrons. The van der Waals surface area contributed by atoms with Gasteiger partial charge in [0.2, 0.25) is 5.91 Å². The Labute approximate surface area is 115 Å². The molecule has 0 spiro atoms. The molecule has 1 rings (SSSR count). The molecule has 0 unspecified atom stereocenters. The predicted octanol–water partition coefficient (Wildman–Crippen LogP) is 2.74. The number of amides is 1. The van der Waals surface area contributed by atoms with Crippen LogP contribution < -0.4 is 5.32 Å². The number of hydrogen-bond acceptors (Lipinski definition) is 2. The van der Waals surface area contributed by atoms with Gasteiger partial charge in [-0.15, -0.1) is 6.58 Å². The van der Waals surface area contributed by atoms with E-state index in [1.807, 2.05) is 13.8 Å². The number of nitrogens with one attached hydrogen (secondary N) is 1. The third-order valence-corrected chi connectivity index (χ3v) is 4.72. The fraction of sp³-hybridized carbons (Fsp3) is 0.733. The predicted molar refractivity (Wildman–Crippen MR) is 74.8 cm³/mol. The molecule has 0 aliphatic heterocycles. The first-order chi connectivity index (χ1) is 8.96. The summed E-state index contributed by atoms with van der Waals surface area (Å²) in [6.07, 6.45) is 6.32. The highest BCUT2D eigenvalue weighted by Gasteiger charge is 2.44. The molecule has 4 nitrogen and oxygen atoms in total. The topological polar surface area (TPSA) is 66.4 Å². The highest BCUT2D eigenvalue weighted by atomic mass is 16.4. The number of carbonyl (C=O) groups is 2. The molecular formula is C15H25NO3. The van der Waals surface area contributed by atoms with E-state index in [1.165, 1.54) is 0 Å². The highest BCUT2D eigenvalue weighted by molar-refractivity contribution is 5.84. The van der Waals surface area contributed by atoms with Crippen molar-refractivity contribution >= 4 is 11.9 Å². The Morgan fingerprint density at radius 1 is 1.37 bits per heavy atom. The molecule has 1 saturated carbocycles. The molecule has 4 heteroatoms. The van der Waals surface area contributed by atoms with Crippen molar-refractivity contribution in [2.45, 2.75) is 52.4 Å². The minimum absolute atomic E-state index is 0.00817. The van der Waals surface area contributed by atoms with Gasteiger partial charge in [-0.2, -0.15) is 0 Å². The highest BCUT2D eigenvalue weighted by Crippen LogP contribution is 2.44. The molecule has 0 radical (unpaired) electrons. The standard InChI is InChI=1S/C15H25NO3/c1-4-8-15(9-7-10-15)12(17)16-11-14(5-2,6-3)13(18)19/h4H,1,5-11H2,2-3H3,(H,16,17)(H,18,19). The molecule has 1 fully saturated rings. The summed E-state index contributed by atoms with van der Waals surface area (Å²) < 4.78 is 0. The molecule has 1 aliphatic rings. The molecule has 0 heterocycles. The van der Waals surface area contributed by atoms with Gasteiger partial charge >= 0.3 is 5.97 Å². The number of rotatable bonds is 8. The Balaban J connectivity index is 2.66. The van der Waals surface area contributed by atoms with E-state index in [2.05, 4.69) is 11.9 Å². The molecule has 0 atom stereocenters. The molecule has 0 aromatic rings. The van der Waals surface area contributed by atoms with Crippen LogP contribution in [0.3, 0.4) is 0 Å². The van der Waals surface area contributed by atoms with Crippen molar-refractivity contribution in [1.82, 2.24) is 5.32 Å².